The van der Waals surface area contributed by atoms with Crippen LogP contribution in [0.3, 0.4) is 0 Å². The molecule has 7 heteroatoms. The van der Waals surface area contributed by atoms with Crippen LogP contribution in [0.1, 0.15) is 25.3 Å². The minimum Gasteiger partial charge on any atom is -0.504 e. The fourth-order valence-electron chi connectivity index (χ4n) is 1.86. The third-order valence-corrected chi connectivity index (χ3v) is 2.85. The van der Waals surface area contributed by atoms with E-state index >= 15 is 0 Å². The molecular weight excluding hydrogens is 274 g/mol. The van der Waals surface area contributed by atoms with Crippen molar-refractivity contribution in [3.05, 3.63) is 23.8 Å². The van der Waals surface area contributed by atoms with E-state index in [-0.39, 0.29) is 30.4 Å². The average molecular weight is 295 g/mol. The molecule has 0 heterocycles. The number of phenols is 1. The van der Waals surface area contributed by atoms with Gasteiger partial charge in [0.2, 0.25) is 11.8 Å². The molecule has 0 aliphatic carbocycles. The van der Waals surface area contributed by atoms with Crippen LogP contribution in [-0.4, -0.2) is 24.0 Å². The predicted molar refractivity (Wildman–Crippen MR) is 77.2 cm³/mol. The smallest absolute Gasteiger partial charge is 0.234 e. The summed E-state index contributed by atoms with van der Waals surface area (Å²) in [6.45, 7) is 2.17. The van der Waals surface area contributed by atoms with Crippen molar-refractivity contribution in [2.45, 2.75) is 26.3 Å². The lowest BCUT2D eigenvalue weighted by atomic mass is 10.0. The van der Waals surface area contributed by atoms with Gasteiger partial charge in [-0.05, 0) is 23.6 Å². The maximum Gasteiger partial charge on any atom is 0.234 e. The van der Waals surface area contributed by atoms with Crippen molar-refractivity contribution in [2.24, 2.45) is 11.7 Å². The maximum absolute atomic E-state index is 11.6. The Kier molecular flexibility index (Phi) is 6.48. The van der Waals surface area contributed by atoms with Crippen LogP contribution >= 0.6 is 0 Å². The van der Waals surface area contributed by atoms with Crippen LogP contribution in [0.4, 0.5) is 0 Å². The number of hydrogen-bond donors (Lipinski definition) is 4. The molecule has 0 unspecified atom stereocenters. The van der Waals surface area contributed by atoms with Crippen molar-refractivity contribution in [3.8, 4) is 11.5 Å². The number of phenolic OH excluding ortho intramolecular Hbond substituents is 1. The zero-order valence-electron chi connectivity index (χ0n) is 12.2. The molecule has 0 aliphatic heterocycles. The van der Waals surface area contributed by atoms with Crippen LogP contribution in [0.15, 0.2) is 18.2 Å². The van der Waals surface area contributed by atoms with Gasteiger partial charge in [-0.15, -0.1) is 0 Å². The molecule has 1 aromatic carbocycles. The number of hydrazine groups is 1. The third kappa shape index (κ3) is 6.13. The van der Waals surface area contributed by atoms with E-state index in [1.165, 1.54) is 13.2 Å². The van der Waals surface area contributed by atoms with Crippen molar-refractivity contribution >= 4 is 11.8 Å². The molecule has 0 aromatic heterocycles. The molecular formula is C14H21N3O4. The molecule has 1 aromatic rings. The zero-order valence-corrected chi connectivity index (χ0v) is 12.2. The number of rotatable bonds is 8. The van der Waals surface area contributed by atoms with E-state index in [1.54, 1.807) is 19.1 Å². The van der Waals surface area contributed by atoms with Crippen molar-refractivity contribution in [3.63, 3.8) is 0 Å². The van der Waals surface area contributed by atoms with E-state index in [9.17, 15) is 14.7 Å². The van der Waals surface area contributed by atoms with E-state index in [0.29, 0.717) is 12.3 Å². The summed E-state index contributed by atoms with van der Waals surface area (Å²) in [5, 5.41) is 9.47. The van der Waals surface area contributed by atoms with Crippen LogP contribution in [0, 0.1) is 5.92 Å². The number of aromatic hydroxyl groups is 1. The van der Waals surface area contributed by atoms with E-state index in [4.69, 9.17) is 10.5 Å². The summed E-state index contributed by atoms with van der Waals surface area (Å²) in [6, 6.07) is 4.91. The zero-order chi connectivity index (χ0) is 15.8. The summed E-state index contributed by atoms with van der Waals surface area (Å²) in [5.74, 6) is -0.298. The minimum absolute atomic E-state index is 0.0607. The predicted octanol–water partition coefficient (Wildman–Crippen LogP) is 0.423. The summed E-state index contributed by atoms with van der Waals surface area (Å²) in [5.41, 5.74) is 11.2. The van der Waals surface area contributed by atoms with Crippen LogP contribution in [-0.2, 0) is 16.1 Å². The Morgan fingerprint density at radius 1 is 1.38 bits per heavy atom. The van der Waals surface area contributed by atoms with Gasteiger partial charge in [-0.25, -0.2) is 5.43 Å². The van der Waals surface area contributed by atoms with Crippen LogP contribution in [0.25, 0.3) is 0 Å². The van der Waals surface area contributed by atoms with Crippen molar-refractivity contribution in [1.82, 2.24) is 10.9 Å². The second-order valence-electron chi connectivity index (χ2n) is 4.89. The first-order chi connectivity index (χ1) is 9.92. The molecule has 116 valence electrons. The molecule has 2 amide bonds. The molecule has 0 bridgehead atoms. The highest BCUT2D eigenvalue weighted by Crippen LogP contribution is 2.25. The minimum atomic E-state index is -0.417. The summed E-state index contributed by atoms with van der Waals surface area (Å²) in [6.07, 6.45) is 0.400. The Labute approximate surface area is 123 Å². The molecule has 1 atom stereocenters. The fourth-order valence-corrected chi connectivity index (χ4v) is 1.86. The summed E-state index contributed by atoms with van der Waals surface area (Å²) < 4.78 is 4.99. The van der Waals surface area contributed by atoms with Gasteiger partial charge in [0.15, 0.2) is 11.5 Å². The number of nitrogens with one attached hydrogen (secondary N) is 2. The Balaban J connectivity index is 2.36. The first-order valence-corrected chi connectivity index (χ1v) is 6.58. The van der Waals surface area contributed by atoms with Crippen molar-refractivity contribution < 1.29 is 19.4 Å². The standard InChI is InChI=1S/C14H21N3O4/c1-9(5-13(15)19)6-14(20)17-16-8-10-3-4-11(18)12(7-10)21-2/h3-4,7,9,16,18H,5-6,8H2,1-2H3,(H2,15,19)(H,17,20)/t9-/m1/s1. The molecule has 1 rings (SSSR count). The van der Waals surface area contributed by atoms with E-state index in [2.05, 4.69) is 10.9 Å². The second kappa shape index (κ2) is 8.11. The number of carbonyl (C=O) groups is 2. The number of ether oxygens (including phenoxy) is 1. The highest BCUT2D eigenvalue weighted by Gasteiger charge is 2.11. The Morgan fingerprint density at radius 2 is 2.10 bits per heavy atom. The van der Waals surface area contributed by atoms with Crippen molar-refractivity contribution in [2.75, 3.05) is 7.11 Å². The second-order valence-corrected chi connectivity index (χ2v) is 4.89. The fraction of sp³-hybridized carbons (Fsp3) is 0.429. The quantitative estimate of drug-likeness (QED) is 0.519. The van der Waals surface area contributed by atoms with Gasteiger partial charge in [0.1, 0.15) is 0 Å². The van der Waals surface area contributed by atoms with E-state index in [1.807, 2.05) is 0 Å². The first kappa shape index (κ1) is 16.8. The Bertz CT molecular complexity index is 505. The summed E-state index contributed by atoms with van der Waals surface area (Å²) >= 11 is 0. The Morgan fingerprint density at radius 3 is 2.71 bits per heavy atom. The van der Waals surface area contributed by atoms with Gasteiger partial charge < -0.3 is 15.6 Å². The van der Waals surface area contributed by atoms with Gasteiger partial charge in [-0.1, -0.05) is 13.0 Å². The third-order valence-electron chi connectivity index (χ3n) is 2.85. The topological polar surface area (TPSA) is 114 Å². The van der Waals surface area contributed by atoms with Gasteiger partial charge in [-0.3, -0.25) is 15.0 Å². The molecule has 0 fully saturated rings. The van der Waals surface area contributed by atoms with Crippen LogP contribution in [0.5, 0.6) is 11.5 Å². The average Bonchev–Trinajstić information content (AvgIpc) is 2.39. The van der Waals surface area contributed by atoms with Crippen molar-refractivity contribution in [1.29, 1.82) is 0 Å². The van der Waals surface area contributed by atoms with E-state index in [0.717, 1.165) is 5.56 Å². The largest absolute Gasteiger partial charge is 0.504 e. The molecule has 0 aliphatic rings. The number of primary amides is 1. The normalized spacial score (nSPS) is 11.7. The first-order valence-electron chi connectivity index (χ1n) is 6.58. The molecule has 21 heavy (non-hydrogen) atoms. The van der Waals surface area contributed by atoms with Crippen LogP contribution in [0.2, 0.25) is 0 Å². The lowest BCUT2D eigenvalue weighted by molar-refractivity contribution is -0.123. The molecule has 0 radical (unpaired) electrons. The number of hydrogen-bond acceptors (Lipinski definition) is 5. The molecule has 0 spiro atoms. The lowest BCUT2D eigenvalue weighted by Crippen LogP contribution is -2.37. The molecule has 0 saturated carbocycles. The number of nitrogens with two attached hydrogens (primary N) is 1. The number of benzene rings is 1. The van der Waals surface area contributed by atoms with Gasteiger partial charge in [0.05, 0.1) is 7.11 Å². The molecule has 5 N–H and O–H groups in total. The number of methoxy groups -OCH3 is 1. The van der Waals surface area contributed by atoms with E-state index < -0.39 is 5.91 Å². The Hall–Kier alpha value is -2.28. The highest BCUT2D eigenvalue weighted by atomic mass is 16.5. The maximum atomic E-state index is 11.6. The summed E-state index contributed by atoms with van der Waals surface area (Å²) in [4.78, 5) is 22.3. The number of amides is 2. The van der Waals surface area contributed by atoms with Gasteiger partial charge in [0.25, 0.3) is 0 Å². The molecule has 0 saturated heterocycles. The summed E-state index contributed by atoms with van der Waals surface area (Å²) in [7, 11) is 1.47. The number of carbonyl (C=O) groups excluding carboxylic acids is 2. The van der Waals surface area contributed by atoms with Gasteiger partial charge >= 0.3 is 0 Å². The van der Waals surface area contributed by atoms with Gasteiger partial charge in [0, 0.05) is 19.4 Å². The van der Waals surface area contributed by atoms with Crippen LogP contribution < -0.4 is 21.3 Å². The lowest BCUT2D eigenvalue weighted by Gasteiger charge is -2.11. The highest BCUT2D eigenvalue weighted by molar-refractivity contribution is 5.78. The monoisotopic (exact) mass is 295 g/mol. The SMILES string of the molecule is COc1cc(CNNC(=O)C[C@H](C)CC(N)=O)ccc1O. The molecule has 7 nitrogen and oxygen atoms in total. The van der Waals surface area contributed by atoms with Gasteiger partial charge in [-0.2, -0.15) is 0 Å².